The van der Waals surface area contributed by atoms with E-state index in [1.165, 1.54) is 6.08 Å². The van der Waals surface area contributed by atoms with E-state index >= 15 is 0 Å². The summed E-state index contributed by atoms with van der Waals surface area (Å²) < 4.78 is 15.9. The normalized spacial score (nSPS) is 12.7. The zero-order chi connectivity index (χ0) is 19.2. The van der Waals surface area contributed by atoms with Crippen molar-refractivity contribution >= 4 is 23.6 Å². The van der Waals surface area contributed by atoms with Gasteiger partial charge in [-0.2, -0.15) is 0 Å². The van der Waals surface area contributed by atoms with Gasteiger partial charge in [-0.25, -0.2) is 4.79 Å². The number of fused-ring (bicyclic) bond motifs is 1. The first-order valence-corrected chi connectivity index (χ1v) is 8.63. The van der Waals surface area contributed by atoms with Gasteiger partial charge in [-0.05, 0) is 54.8 Å². The highest BCUT2D eigenvalue weighted by molar-refractivity contribution is 5.95. The van der Waals surface area contributed by atoms with Crippen LogP contribution >= 0.6 is 0 Å². The predicted octanol–water partition coefficient (Wildman–Crippen LogP) is 3.27. The van der Waals surface area contributed by atoms with E-state index in [2.05, 4.69) is 5.32 Å². The Balaban J connectivity index is 1.51. The van der Waals surface area contributed by atoms with Gasteiger partial charge in [0.2, 0.25) is 0 Å². The Morgan fingerprint density at radius 3 is 2.70 bits per heavy atom. The van der Waals surface area contributed by atoms with Crippen LogP contribution in [0.3, 0.4) is 0 Å². The highest BCUT2D eigenvalue weighted by atomic mass is 16.6. The molecule has 1 aliphatic rings. The predicted molar refractivity (Wildman–Crippen MR) is 102 cm³/mol. The maximum absolute atomic E-state index is 12.0. The van der Waals surface area contributed by atoms with Crippen LogP contribution in [0.4, 0.5) is 5.69 Å². The van der Waals surface area contributed by atoms with E-state index in [9.17, 15) is 9.59 Å². The summed E-state index contributed by atoms with van der Waals surface area (Å²) in [4.78, 5) is 23.8. The van der Waals surface area contributed by atoms with Gasteiger partial charge in [-0.1, -0.05) is 18.2 Å². The van der Waals surface area contributed by atoms with Crippen LogP contribution in [-0.4, -0.2) is 31.7 Å². The zero-order valence-electron chi connectivity index (χ0n) is 15.3. The molecular formula is C21H21NO5. The van der Waals surface area contributed by atoms with Crippen molar-refractivity contribution in [3.8, 4) is 11.5 Å². The van der Waals surface area contributed by atoms with E-state index in [1.54, 1.807) is 18.2 Å². The molecule has 0 bridgehead atoms. The Bertz CT molecular complexity index is 888. The molecule has 0 saturated carbocycles. The molecule has 0 spiro atoms. The molecule has 3 rings (SSSR count). The molecule has 140 valence electrons. The molecule has 1 aliphatic heterocycles. The van der Waals surface area contributed by atoms with Gasteiger partial charge in [0.05, 0.1) is 0 Å². The molecule has 0 aliphatic carbocycles. The third-order valence-corrected chi connectivity index (χ3v) is 4.20. The lowest BCUT2D eigenvalue weighted by Gasteiger charge is -2.18. The summed E-state index contributed by atoms with van der Waals surface area (Å²) in [6.07, 6.45) is 2.87. The third-order valence-electron chi connectivity index (χ3n) is 4.20. The van der Waals surface area contributed by atoms with Crippen LogP contribution in [0.15, 0.2) is 42.5 Å². The van der Waals surface area contributed by atoms with Crippen LogP contribution in [-0.2, 0) is 14.3 Å². The lowest BCUT2D eigenvalue weighted by atomic mass is 10.1. The minimum absolute atomic E-state index is 0.350. The van der Waals surface area contributed by atoms with Crippen LogP contribution < -0.4 is 14.8 Å². The van der Waals surface area contributed by atoms with Crippen LogP contribution in [0.5, 0.6) is 11.5 Å². The maximum atomic E-state index is 12.0. The molecule has 0 aromatic heterocycles. The Morgan fingerprint density at radius 1 is 1.11 bits per heavy atom. The highest BCUT2D eigenvalue weighted by Crippen LogP contribution is 2.31. The minimum atomic E-state index is -0.596. The summed E-state index contributed by atoms with van der Waals surface area (Å²) in [6, 6.07) is 11.0. The van der Waals surface area contributed by atoms with Gasteiger partial charge in [0.15, 0.2) is 18.1 Å². The minimum Gasteiger partial charge on any atom is -0.486 e. The molecule has 0 radical (unpaired) electrons. The number of benzene rings is 2. The monoisotopic (exact) mass is 367 g/mol. The Kier molecular flexibility index (Phi) is 5.76. The Morgan fingerprint density at radius 2 is 1.89 bits per heavy atom. The summed E-state index contributed by atoms with van der Waals surface area (Å²) in [6.45, 7) is 4.56. The van der Waals surface area contributed by atoms with Gasteiger partial charge in [0, 0.05) is 11.8 Å². The number of hydrogen-bond acceptors (Lipinski definition) is 5. The molecule has 2 aromatic rings. The molecule has 0 unspecified atom stereocenters. The maximum Gasteiger partial charge on any atom is 0.331 e. The van der Waals surface area contributed by atoms with E-state index in [4.69, 9.17) is 14.2 Å². The molecular weight excluding hydrogens is 346 g/mol. The van der Waals surface area contributed by atoms with Gasteiger partial charge < -0.3 is 19.5 Å². The molecule has 0 atom stereocenters. The van der Waals surface area contributed by atoms with Crippen molar-refractivity contribution in [2.45, 2.75) is 13.8 Å². The second kappa shape index (κ2) is 8.40. The summed E-state index contributed by atoms with van der Waals surface area (Å²) in [5.41, 5.74) is 3.54. The van der Waals surface area contributed by atoms with Crippen molar-refractivity contribution in [1.82, 2.24) is 0 Å². The van der Waals surface area contributed by atoms with Crippen molar-refractivity contribution in [3.63, 3.8) is 0 Å². The van der Waals surface area contributed by atoms with E-state index in [0.717, 1.165) is 16.7 Å². The molecule has 6 nitrogen and oxygen atoms in total. The molecule has 27 heavy (non-hydrogen) atoms. The lowest BCUT2D eigenvalue weighted by molar-refractivity contribution is -0.142. The molecule has 2 aromatic carbocycles. The first kappa shape index (κ1) is 18.5. The fourth-order valence-electron chi connectivity index (χ4n) is 2.59. The number of esters is 1. The number of anilines is 1. The number of carbonyl (C=O) groups excluding carboxylic acids is 2. The first-order valence-electron chi connectivity index (χ1n) is 8.63. The second-order valence-corrected chi connectivity index (χ2v) is 6.14. The van der Waals surface area contributed by atoms with Crippen molar-refractivity contribution in [2.24, 2.45) is 0 Å². The van der Waals surface area contributed by atoms with E-state index in [1.807, 2.05) is 38.1 Å². The zero-order valence-corrected chi connectivity index (χ0v) is 15.3. The Labute approximate surface area is 157 Å². The summed E-state index contributed by atoms with van der Waals surface area (Å²) in [7, 11) is 0. The topological polar surface area (TPSA) is 73.9 Å². The van der Waals surface area contributed by atoms with Gasteiger partial charge in [-0.15, -0.1) is 0 Å². The lowest BCUT2D eigenvalue weighted by Crippen LogP contribution is -2.20. The smallest absolute Gasteiger partial charge is 0.331 e. The Hall–Kier alpha value is -3.28. The number of hydrogen-bond donors (Lipinski definition) is 1. The number of rotatable bonds is 5. The van der Waals surface area contributed by atoms with Gasteiger partial charge in [0.1, 0.15) is 13.2 Å². The average molecular weight is 367 g/mol. The quantitative estimate of drug-likeness (QED) is 0.649. The van der Waals surface area contributed by atoms with Crippen molar-refractivity contribution in [3.05, 3.63) is 59.2 Å². The largest absolute Gasteiger partial charge is 0.486 e. The van der Waals surface area contributed by atoms with Crippen LogP contribution in [0.2, 0.25) is 0 Å². The fourth-order valence-corrected chi connectivity index (χ4v) is 2.59. The highest BCUT2D eigenvalue weighted by Gasteiger charge is 2.11. The number of ether oxygens (including phenoxy) is 3. The first-order chi connectivity index (χ1) is 13.0. The number of amides is 1. The number of aryl methyl sites for hydroxylation is 1. The second-order valence-electron chi connectivity index (χ2n) is 6.14. The summed E-state index contributed by atoms with van der Waals surface area (Å²) in [5, 5.41) is 2.74. The van der Waals surface area contributed by atoms with Crippen LogP contribution in [0, 0.1) is 13.8 Å². The van der Waals surface area contributed by atoms with Gasteiger partial charge in [0.25, 0.3) is 5.91 Å². The molecule has 0 fully saturated rings. The van der Waals surface area contributed by atoms with Gasteiger partial charge in [-0.3, -0.25) is 4.79 Å². The standard InChI is InChI=1S/C21H21NO5/c1-14-4-3-5-17(15(14)2)22-20(23)13-27-21(24)9-7-16-6-8-18-19(12-16)26-11-10-25-18/h3-9,12H,10-11,13H2,1-2H3,(H,22,23). The average Bonchev–Trinajstić information content (AvgIpc) is 2.68. The third kappa shape index (κ3) is 4.88. The number of carbonyl (C=O) groups is 2. The van der Waals surface area contributed by atoms with Crippen molar-refractivity contribution in [1.29, 1.82) is 0 Å². The SMILES string of the molecule is Cc1cccc(NC(=O)COC(=O)C=Cc2ccc3c(c2)OCCO3)c1C. The number of nitrogens with one attached hydrogen (secondary N) is 1. The van der Waals surface area contributed by atoms with Gasteiger partial charge >= 0.3 is 5.97 Å². The summed E-state index contributed by atoms with van der Waals surface area (Å²) in [5.74, 6) is 0.347. The molecule has 1 heterocycles. The van der Waals surface area contributed by atoms with Crippen LogP contribution in [0.1, 0.15) is 16.7 Å². The fraction of sp³-hybridized carbons (Fsp3) is 0.238. The van der Waals surface area contributed by atoms with E-state index < -0.39 is 5.97 Å². The molecule has 1 N–H and O–H groups in total. The van der Waals surface area contributed by atoms with Crippen LogP contribution in [0.25, 0.3) is 6.08 Å². The molecule has 1 amide bonds. The van der Waals surface area contributed by atoms with E-state index in [-0.39, 0.29) is 12.5 Å². The van der Waals surface area contributed by atoms with E-state index in [0.29, 0.717) is 30.4 Å². The summed E-state index contributed by atoms with van der Waals surface area (Å²) >= 11 is 0. The molecule has 6 heteroatoms. The molecule has 0 saturated heterocycles. The van der Waals surface area contributed by atoms with Crippen molar-refractivity contribution in [2.75, 3.05) is 25.1 Å². The van der Waals surface area contributed by atoms with Crippen molar-refractivity contribution < 1.29 is 23.8 Å².